The number of benzene rings is 3. The molecule has 4 rings (SSSR count). The van der Waals surface area contributed by atoms with Crippen LogP contribution in [0.15, 0.2) is 66.2 Å². The van der Waals surface area contributed by atoms with Crippen LogP contribution in [0.2, 0.25) is 0 Å². The number of carbonyl (C=O) groups is 2. The van der Waals surface area contributed by atoms with Gasteiger partial charge in [0.2, 0.25) is 0 Å². The second-order valence-corrected chi connectivity index (χ2v) is 8.01. The van der Waals surface area contributed by atoms with Crippen LogP contribution in [-0.2, 0) is 9.59 Å². The number of nitrogens with zero attached hydrogens (tertiary/aromatic N) is 1. The molecule has 3 aromatic carbocycles. The van der Waals surface area contributed by atoms with Crippen molar-refractivity contribution in [2.45, 2.75) is 19.9 Å². The minimum absolute atomic E-state index is 0.115. The number of aliphatic hydroxyl groups excluding tert-OH is 1. The number of hydrogen-bond acceptors (Lipinski definition) is 6. The van der Waals surface area contributed by atoms with Gasteiger partial charge in [0.25, 0.3) is 11.7 Å². The molecule has 1 atom stereocenters. The molecule has 0 radical (unpaired) electrons. The largest absolute Gasteiger partial charge is 0.507 e. The van der Waals surface area contributed by atoms with E-state index in [4.69, 9.17) is 9.47 Å². The molecule has 0 aromatic heterocycles. The molecule has 1 unspecified atom stereocenters. The number of amides is 1. The highest BCUT2D eigenvalue weighted by Crippen LogP contribution is 2.46. The third kappa shape index (κ3) is 4.30. The summed E-state index contributed by atoms with van der Waals surface area (Å²) < 4.78 is 24.5. The monoisotopic (exact) mass is 477 g/mol. The van der Waals surface area contributed by atoms with Gasteiger partial charge in [0.05, 0.1) is 31.0 Å². The van der Waals surface area contributed by atoms with Gasteiger partial charge in [0, 0.05) is 5.56 Å². The summed E-state index contributed by atoms with van der Waals surface area (Å²) in [4.78, 5) is 27.7. The number of phenolic OH excluding ortho intramolecular Hbond substituents is 1. The Balaban J connectivity index is 1.99. The number of Topliss-reactive ketones (excluding diaryl/α,β-unsaturated/α-hetero) is 1. The Bertz CT molecular complexity index is 1330. The van der Waals surface area contributed by atoms with Gasteiger partial charge in [-0.2, -0.15) is 0 Å². The number of hydrogen-bond donors (Lipinski definition) is 2. The van der Waals surface area contributed by atoms with E-state index in [2.05, 4.69) is 0 Å². The predicted molar refractivity (Wildman–Crippen MR) is 128 cm³/mol. The summed E-state index contributed by atoms with van der Waals surface area (Å²) in [6.45, 7) is 3.93. The van der Waals surface area contributed by atoms with Gasteiger partial charge in [0.15, 0.2) is 11.5 Å². The van der Waals surface area contributed by atoms with Gasteiger partial charge in [-0.05, 0) is 73.5 Å². The molecule has 1 heterocycles. The molecule has 0 saturated carbocycles. The maximum atomic E-state index is 13.5. The second kappa shape index (κ2) is 9.50. The maximum absolute atomic E-state index is 13.5. The van der Waals surface area contributed by atoms with Crippen LogP contribution < -0.4 is 14.4 Å². The number of aromatic hydroxyl groups is 1. The number of aryl methyl sites for hydroxylation is 1. The van der Waals surface area contributed by atoms with Crippen molar-refractivity contribution in [3.8, 4) is 17.2 Å². The Morgan fingerprint density at radius 2 is 1.74 bits per heavy atom. The SMILES string of the molecule is CCOc1cc(C2/C(=C(/O)c3ccc(F)cc3)C(=O)C(=O)N2c2cc(C)ccc2O)ccc1OC. The van der Waals surface area contributed by atoms with Crippen molar-refractivity contribution in [3.05, 3.63) is 88.7 Å². The minimum Gasteiger partial charge on any atom is -0.507 e. The summed E-state index contributed by atoms with van der Waals surface area (Å²) in [5.41, 5.74) is 1.28. The lowest BCUT2D eigenvalue weighted by molar-refractivity contribution is -0.132. The molecule has 1 fully saturated rings. The molecule has 3 aromatic rings. The molecule has 7 nitrogen and oxygen atoms in total. The van der Waals surface area contributed by atoms with Crippen LogP contribution in [0.1, 0.15) is 29.7 Å². The van der Waals surface area contributed by atoms with E-state index in [9.17, 15) is 24.2 Å². The first-order valence-corrected chi connectivity index (χ1v) is 10.9. The van der Waals surface area contributed by atoms with Crippen molar-refractivity contribution in [2.24, 2.45) is 0 Å². The average molecular weight is 477 g/mol. The van der Waals surface area contributed by atoms with Crippen LogP contribution in [0.5, 0.6) is 17.2 Å². The molecule has 0 bridgehead atoms. The lowest BCUT2D eigenvalue weighted by Crippen LogP contribution is -2.29. The van der Waals surface area contributed by atoms with Crippen LogP contribution in [0.25, 0.3) is 5.76 Å². The highest BCUT2D eigenvalue weighted by molar-refractivity contribution is 6.52. The predicted octanol–water partition coefficient (Wildman–Crippen LogP) is 4.87. The standard InChI is InChI=1S/C27H24FNO6/c1-4-35-22-14-17(8-12-21(22)34-3)24-23(25(31)16-6-9-18(28)10-7-16)26(32)27(33)29(24)19-13-15(2)5-11-20(19)30/h5-14,24,30-31H,4H2,1-3H3/b25-23-. The molecular weight excluding hydrogens is 453 g/mol. The molecule has 0 aliphatic carbocycles. The van der Waals surface area contributed by atoms with E-state index in [1.54, 1.807) is 44.2 Å². The molecule has 1 aliphatic heterocycles. The Kier molecular flexibility index (Phi) is 6.46. The quantitative estimate of drug-likeness (QED) is 0.299. The van der Waals surface area contributed by atoms with E-state index in [0.29, 0.717) is 23.7 Å². The van der Waals surface area contributed by atoms with Crippen LogP contribution in [0.3, 0.4) is 0 Å². The number of phenols is 1. The lowest BCUT2D eigenvalue weighted by Gasteiger charge is -2.27. The van der Waals surface area contributed by atoms with Gasteiger partial charge in [-0.15, -0.1) is 0 Å². The molecule has 1 aliphatic rings. The Morgan fingerprint density at radius 3 is 2.40 bits per heavy atom. The van der Waals surface area contributed by atoms with E-state index >= 15 is 0 Å². The first kappa shape index (κ1) is 23.8. The molecule has 1 amide bonds. The van der Waals surface area contributed by atoms with Crippen LogP contribution in [-0.4, -0.2) is 35.6 Å². The van der Waals surface area contributed by atoms with Gasteiger partial charge in [0.1, 0.15) is 17.3 Å². The van der Waals surface area contributed by atoms with Gasteiger partial charge < -0.3 is 19.7 Å². The van der Waals surface area contributed by atoms with Crippen molar-refractivity contribution in [2.75, 3.05) is 18.6 Å². The minimum atomic E-state index is -1.10. The zero-order chi connectivity index (χ0) is 25.3. The van der Waals surface area contributed by atoms with E-state index in [1.165, 1.54) is 25.3 Å². The number of halogens is 1. The summed E-state index contributed by atoms with van der Waals surface area (Å²) in [5.74, 6) is -2.21. The van der Waals surface area contributed by atoms with Crippen LogP contribution in [0, 0.1) is 12.7 Å². The molecular formula is C27H24FNO6. The van der Waals surface area contributed by atoms with Crippen LogP contribution >= 0.6 is 0 Å². The van der Waals surface area contributed by atoms with Crippen molar-refractivity contribution in [3.63, 3.8) is 0 Å². The van der Waals surface area contributed by atoms with Crippen molar-refractivity contribution in [1.29, 1.82) is 0 Å². The number of anilines is 1. The number of aliphatic hydroxyl groups is 1. The number of ether oxygens (including phenoxy) is 2. The second-order valence-electron chi connectivity index (χ2n) is 8.01. The zero-order valence-electron chi connectivity index (χ0n) is 19.4. The van der Waals surface area contributed by atoms with E-state index in [-0.39, 0.29) is 22.6 Å². The molecule has 2 N–H and O–H groups in total. The normalized spacial score (nSPS) is 17.0. The van der Waals surface area contributed by atoms with Crippen molar-refractivity contribution < 1.29 is 33.7 Å². The number of methoxy groups -OCH3 is 1. The van der Waals surface area contributed by atoms with E-state index in [0.717, 1.165) is 22.6 Å². The average Bonchev–Trinajstić information content (AvgIpc) is 3.11. The van der Waals surface area contributed by atoms with E-state index < -0.39 is 29.3 Å². The zero-order valence-corrected chi connectivity index (χ0v) is 19.4. The van der Waals surface area contributed by atoms with E-state index in [1.807, 2.05) is 0 Å². The highest BCUT2D eigenvalue weighted by Gasteiger charge is 2.48. The van der Waals surface area contributed by atoms with Gasteiger partial charge in [-0.1, -0.05) is 12.1 Å². The smallest absolute Gasteiger partial charge is 0.300 e. The molecule has 8 heteroatoms. The summed E-state index contributed by atoms with van der Waals surface area (Å²) in [6, 6.07) is 13.4. The lowest BCUT2D eigenvalue weighted by atomic mass is 9.94. The highest BCUT2D eigenvalue weighted by atomic mass is 19.1. The van der Waals surface area contributed by atoms with Gasteiger partial charge >= 0.3 is 0 Å². The molecule has 0 spiro atoms. The van der Waals surface area contributed by atoms with Crippen LogP contribution in [0.4, 0.5) is 10.1 Å². The third-order valence-electron chi connectivity index (χ3n) is 5.76. The topological polar surface area (TPSA) is 96.3 Å². The Labute approximate surface area is 201 Å². The maximum Gasteiger partial charge on any atom is 0.300 e. The molecule has 1 saturated heterocycles. The fourth-order valence-corrected chi connectivity index (χ4v) is 4.12. The Hall–Kier alpha value is -4.33. The number of rotatable bonds is 6. The summed E-state index contributed by atoms with van der Waals surface area (Å²) in [5, 5.41) is 21.7. The summed E-state index contributed by atoms with van der Waals surface area (Å²) in [7, 11) is 1.49. The number of carbonyl (C=O) groups excluding carboxylic acids is 2. The first-order valence-electron chi connectivity index (χ1n) is 10.9. The summed E-state index contributed by atoms with van der Waals surface area (Å²) >= 11 is 0. The molecule has 180 valence electrons. The fourth-order valence-electron chi connectivity index (χ4n) is 4.12. The van der Waals surface area contributed by atoms with Gasteiger partial charge in [-0.25, -0.2) is 4.39 Å². The van der Waals surface area contributed by atoms with Crippen molar-refractivity contribution >= 4 is 23.1 Å². The summed E-state index contributed by atoms with van der Waals surface area (Å²) in [6.07, 6.45) is 0. The first-order chi connectivity index (χ1) is 16.8. The third-order valence-corrected chi connectivity index (χ3v) is 5.76. The molecule has 35 heavy (non-hydrogen) atoms. The van der Waals surface area contributed by atoms with Gasteiger partial charge in [-0.3, -0.25) is 14.5 Å². The number of ketones is 1. The fraction of sp³-hybridized carbons (Fsp3) is 0.185. The Morgan fingerprint density at radius 1 is 1.03 bits per heavy atom. The van der Waals surface area contributed by atoms with Crippen molar-refractivity contribution in [1.82, 2.24) is 0 Å².